The van der Waals surface area contributed by atoms with Crippen molar-refractivity contribution in [1.82, 2.24) is 5.32 Å². The third-order valence-electron chi connectivity index (χ3n) is 3.97. The van der Waals surface area contributed by atoms with E-state index >= 15 is 0 Å². The SMILES string of the molecule is O=C(NCC1(C(=O)O)CCCCC1)C1COCCO1. The summed E-state index contributed by atoms with van der Waals surface area (Å²) in [6.07, 6.45) is 3.54. The average Bonchev–Trinajstić information content (AvgIpc) is 2.46. The maximum absolute atomic E-state index is 11.9. The van der Waals surface area contributed by atoms with Gasteiger partial charge in [-0.2, -0.15) is 0 Å². The van der Waals surface area contributed by atoms with Crippen molar-refractivity contribution < 1.29 is 24.2 Å². The minimum atomic E-state index is -0.812. The summed E-state index contributed by atoms with van der Waals surface area (Å²) >= 11 is 0. The maximum Gasteiger partial charge on any atom is 0.311 e. The molecule has 2 rings (SSSR count). The van der Waals surface area contributed by atoms with Crippen molar-refractivity contribution >= 4 is 11.9 Å². The van der Waals surface area contributed by atoms with Crippen molar-refractivity contribution in [2.45, 2.75) is 38.2 Å². The molecular weight excluding hydrogens is 250 g/mol. The molecule has 1 amide bonds. The van der Waals surface area contributed by atoms with Crippen LogP contribution >= 0.6 is 0 Å². The summed E-state index contributed by atoms with van der Waals surface area (Å²) in [6, 6.07) is 0. The fraction of sp³-hybridized carbons (Fsp3) is 0.846. The van der Waals surface area contributed by atoms with Gasteiger partial charge in [0.15, 0.2) is 6.10 Å². The molecule has 1 unspecified atom stereocenters. The van der Waals surface area contributed by atoms with Crippen LogP contribution in [0.4, 0.5) is 0 Å². The maximum atomic E-state index is 11.9. The van der Waals surface area contributed by atoms with Crippen molar-refractivity contribution in [1.29, 1.82) is 0 Å². The Balaban J connectivity index is 1.87. The number of aliphatic carboxylic acids is 1. The number of nitrogens with one attached hydrogen (secondary N) is 1. The quantitative estimate of drug-likeness (QED) is 0.780. The van der Waals surface area contributed by atoms with Gasteiger partial charge in [0.2, 0.25) is 0 Å². The van der Waals surface area contributed by atoms with Crippen LogP contribution in [0.1, 0.15) is 32.1 Å². The number of carbonyl (C=O) groups is 2. The van der Waals surface area contributed by atoms with Crippen LogP contribution in [0.5, 0.6) is 0 Å². The monoisotopic (exact) mass is 271 g/mol. The lowest BCUT2D eigenvalue weighted by Gasteiger charge is -2.33. The van der Waals surface area contributed by atoms with E-state index in [1.165, 1.54) is 0 Å². The van der Waals surface area contributed by atoms with Gasteiger partial charge in [0, 0.05) is 6.54 Å². The van der Waals surface area contributed by atoms with Crippen molar-refractivity contribution in [3.05, 3.63) is 0 Å². The van der Waals surface area contributed by atoms with Crippen molar-refractivity contribution in [3.63, 3.8) is 0 Å². The number of ether oxygens (including phenoxy) is 2. The number of rotatable bonds is 4. The summed E-state index contributed by atoms with van der Waals surface area (Å²) in [5, 5.41) is 12.1. The summed E-state index contributed by atoms with van der Waals surface area (Å²) in [7, 11) is 0. The van der Waals surface area contributed by atoms with Gasteiger partial charge in [-0.05, 0) is 12.8 Å². The zero-order chi connectivity index (χ0) is 13.7. The summed E-state index contributed by atoms with van der Waals surface area (Å²) in [4.78, 5) is 23.4. The highest BCUT2D eigenvalue weighted by Gasteiger charge is 2.40. The van der Waals surface area contributed by atoms with Crippen LogP contribution in [0.3, 0.4) is 0 Å². The largest absolute Gasteiger partial charge is 0.481 e. The van der Waals surface area contributed by atoms with Gasteiger partial charge in [0.25, 0.3) is 5.91 Å². The van der Waals surface area contributed by atoms with E-state index < -0.39 is 17.5 Å². The number of amides is 1. The number of hydrogen-bond donors (Lipinski definition) is 2. The second-order valence-corrected chi connectivity index (χ2v) is 5.30. The van der Waals surface area contributed by atoms with Crippen LogP contribution in [-0.2, 0) is 19.1 Å². The van der Waals surface area contributed by atoms with Gasteiger partial charge >= 0.3 is 5.97 Å². The minimum Gasteiger partial charge on any atom is -0.481 e. The molecule has 19 heavy (non-hydrogen) atoms. The molecule has 108 valence electrons. The first-order chi connectivity index (χ1) is 9.14. The molecule has 2 N–H and O–H groups in total. The Labute approximate surface area is 112 Å². The predicted octanol–water partition coefficient (Wildman–Crippen LogP) is 0.553. The van der Waals surface area contributed by atoms with Gasteiger partial charge in [-0.1, -0.05) is 19.3 Å². The fourth-order valence-corrected chi connectivity index (χ4v) is 2.70. The summed E-state index contributed by atoms with van der Waals surface area (Å²) in [5.74, 6) is -1.08. The normalized spacial score (nSPS) is 26.6. The first-order valence-corrected chi connectivity index (χ1v) is 6.84. The van der Waals surface area contributed by atoms with E-state index in [0.29, 0.717) is 26.1 Å². The Hall–Kier alpha value is -1.14. The molecule has 0 bridgehead atoms. The van der Waals surface area contributed by atoms with Crippen molar-refractivity contribution in [3.8, 4) is 0 Å². The van der Waals surface area contributed by atoms with Gasteiger partial charge in [0.05, 0.1) is 25.2 Å². The van der Waals surface area contributed by atoms with Crippen LogP contribution in [0.25, 0.3) is 0 Å². The highest BCUT2D eigenvalue weighted by atomic mass is 16.6. The number of hydrogen-bond acceptors (Lipinski definition) is 4. The summed E-state index contributed by atoms with van der Waals surface area (Å²) in [5.41, 5.74) is -0.802. The van der Waals surface area contributed by atoms with E-state index in [1.54, 1.807) is 0 Å². The molecule has 0 spiro atoms. The molecule has 1 aliphatic heterocycles. The Morgan fingerprint density at radius 1 is 1.21 bits per heavy atom. The molecular formula is C13H21NO5. The lowest BCUT2D eigenvalue weighted by molar-refractivity contribution is -0.153. The van der Waals surface area contributed by atoms with Crippen LogP contribution < -0.4 is 5.32 Å². The zero-order valence-electron chi connectivity index (χ0n) is 11.0. The second kappa shape index (κ2) is 6.34. The highest BCUT2D eigenvalue weighted by Crippen LogP contribution is 2.36. The number of carboxylic acids is 1. The van der Waals surface area contributed by atoms with E-state index in [0.717, 1.165) is 19.3 Å². The lowest BCUT2D eigenvalue weighted by atomic mass is 9.74. The van der Waals surface area contributed by atoms with Crippen LogP contribution in [-0.4, -0.2) is 49.5 Å². The zero-order valence-corrected chi connectivity index (χ0v) is 11.0. The molecule has 2 fully saturated rings. The summed E-state index contributed by atoms with van der Waals surface area (Å²) < 4.78 is 10.5. The molecule has 6 nitrogen and oxygen atoms in total. The van der Waals surface area contributed by atoms with Crippen LogP contribution in [0.15, 0.2) is 0 Å². The Bertz CT molecular complexity index is 332. The van der Waals surface area contributed by atoms with Crippen LogP contribution in [0.2, 0.25) is 0 Å². The molecule has 2 aliphatic rings. The standard InChI is InChI=1S/C13H21NO5/c15-11(10-8-18-6-7-19-10)14-9-13(12(16)17)4-2-1-3-5-13/h10H,1-9H2,(H,14,15)(H,16,17). The van der Waals surface area contributed by atoms with Crippen molar-refractivity contribution in [2.24, 2.45) is 5.41 Å². The molecule has 1 aliphatic carbocycles. The van der Waals surface area contributed by atoms with E-state index in [-0.39, 0.29) is 19.1 Å². The van der Waals surface area contributed by atoms with Crippen LogP contribution in [0, 0.1) is 5.41 Å². The minimum absolute atomic E-state index is 0.182. The van der Waals surface area contributed by atoms with Gasteiger partial charge in [-0.15, -0.1) is 0 Å². The number of carboxylic acid groups (broad SMARTS) is 1. The highest BCUT2D eigenvalue weighted by molar-refractivity contribution is 5.82. The molecule has 6 heteroatoms. The molecule has 1 atom stereocenters. The van der Waals surface area contributed by atoms with E-state index in [4.69, 9.17) is 9.47 Å². The van der Waals surface area contributed by atoms with Gasteiger partial charge in [-0.25, -0.2) is 0 Å². The van der Waals surface area contributed by atoms with E-state index in [1.807, 2.05) is 0 Å². The van der Waals surface area contributed by atoms with Crippen molar-refractivity contribution in [2.75, 3.05) is 26.4 Å². The first-order valence-electron chi connectivity index (χ1n) is 6.84. The van der Waals surface area contributed by atoms with Gasteiger partial charge in [-0.3, -0.25) is 9.59 Å². The molecule has 1 heterocycles. The Morgan fingerprint density at radius 3 is 2.53 bits per heavy atom. The Morgan fingerprint density at radius 2 is 1.95 bits per heavy atom. The fourth-order valence-electron chi connectivity index (χ4n) is 2.70. The van der Waals surface area contributed by atoms with Gasteiger partial charge in [0.1, 0.15) is 0 Å². The van der Waals surface area contributed by atoms with E-state index in [9.17, 15) is 14.7 Å². The third kappa shape index (κ3) is 3.45. The average molecular weight is 271 g/mol. The molecule has 0 aromatic carbocycles. The molecule has 1 saturated heterocycles. The molecule has 0 aromatic rings. The Kier molecular flexibility index (Phi) is 4.76. The third-order valence-corrected chi connectivity index (χ3v) is 3.97. The first kappa shape index (κ1) is 14.3. The second-order valence-electron chi connectivity index (χ2n) is 5.30. The molecule has 1 saturated carbocycles. The summed E-state index contributed by atoms with van der Waals surface area (Å²) in [6.45, 7) is 1.33. The number of carbonyl (C=O) groups excluding carboxylic acids is 1. The molecule has 0 radical (unpaired) electrons. The smallest absolute Gasteiger partial charge is 0.311 e. The predicted molar refractivity (Wildman–Crippen MR) is 66.7 cm³/mol. The van der Waals surface area contributed by atoms with E-state index in [2.05, 4.69) is 5.32 Å². The van der Waals surface area contributed by atoms with Gasteiger partial charge < -0.3 is 19.9 Å². The topological polar surface area (TPSA) is 84.9 Å². The lowest BCUT2D eigenvalue weighted by Crippen LogP contribution is -2.49. The molecule has 0 aromatic heterocycles.